The van der Waals surface area contributed by atoms with Crippen LogP contribution in [0.2, 0.25) is 0 Å². The van der Waals surface area contributed by atoms with Gasteiger partial charge in [-0.15, -0.1) is 0 Å². The van der Waals surface area contributed by atoms with E-state index < -0.39 is 0 Å². The van der Waals surface area contributed by atoms with Gasteiger partial charge >= 0.3 is 0 Å². The van der Waals surface area contributed by atoms with Crippen molar-refractivity contribution in [2.75, 3.05) is 20.1 Å². The Balaban J connectivity index is 1.26. The van der Waals surface area contributed by atoms with Gasteiger partial charge in [-0.05, 0) is 29.3 Å². The van der Waals surface area contributed by atoms with Gasteiger partial charge in [-0.1, -0.05) is 48.5 Å². The number of para-hydroxylation sites is 1. The Hall–Kier alpha value is -3.54. The van der Waals surface area contributed by atoms with E-state index in [0.717, 1.165) is 43.2 Å². The molecule has 3 aromatic rings. The molecule has 4 rings (SSSR count). The maximum absolute atomic E-state index is 11.9. The van der Waals surface area contributed by atoms with Crippen molar-refractivity contribution in [3.05, 3.63) is 100 Å². The summed E-state index contributed by atoms with van der Waals surface area (Å²) in [5.41, 5.74) is 2.30. The summed E-state index contributed by atoms with van der Waals surface area (Å²) in [4.78, 5) is 18.7. The van der Waals surface area contributed by atoms with Crippen LogP contribution >= 0.6 is 0 Å². The number of pyridine rings is 1. The molecule has 0 bridgehead atoms. The number of nitrogens with zero attached hydrogens (tertiary/aromatic N) is 3. The highest BCUT2D eigenvalue weighted by atomic mass is 16.5. The van der Waals surface area contributed by atoms with Crippen molar-refractivity contribution in [1.82, 2.24) is 14.8 Å². The van der Waals surface area contributed by atoms with Crippen molar-refractivity contribution in [2.24, 2.45) is 4.99 Å². The first-order valence-corrected chi connectivity index (χ1v) is 11.1. The Morgan fingerprint density at radius 3 is 2.34 bits per heavy atom. The van der Waals surface area contributed by atoms with Gasteiger partial charge < -0.3 is 19.5 Å². The van der Waals surface area contributed by atoms with Gasteiger partial charge in [0.25, 0.3) is 5.56 Å². The lowest BCUT2D eigenvalue weighted by Crippen LogP contribution is -2.47. The predicted molar refractivity (Wildman–Crippen MR) is 128 cm³/mol. The lowest BCUT2D eigenvalue weighted by molar-refractivity contribution is 0.129. The molecule has 0 spiro atoms. The summed E-state index contributed by atoms with van der Waals surface area (Å²) < 4.78 is 7.81. The molecule has 1 aromatic heterocycles. The first-order valence-electron chi connectivity index (χ1n) is 11.1. The zero-order valence-corrected chi connectivity index (χ0v) is 18.5. The minimum Gasteiger partial charge on any atom is -0.490 e. The number of rotatable bonds is 6. The van der Waals surface area contributed by atoms with Crippen LogP contribution in [0.5, 0.6) is 5.75 Å². The molecule has 6 heteroatoms. The van der Waals surface area contributed by atoms with E-state index in [-0.39, 0.29) is 11.7 Å². The molecular weight excluding hydrogens is 400 g/mol. The van der Waals surface area contributed by atoms with Crippen LogP contribution in [-0.2, 0) is 13.1 Å². The average Bonchev–Trinajstić information content (AvgIpc) is 2.83. The molecule has 0 aliphatic carbocycles. The summed E-state index contributed by atoms with van der Waals surface area (Å²) in [5.74, 6) is 1.86. The third-order valence-electron chi connectivity index (χ3n) is 5.72. The molecule has 2 heterocycles. The second kappa shape index (κ2) is 10.7. The van der Waals surface area contributed by atoms with Gasteiger partial charge in [0.2, 0.25) is 0 Å². The number of aliphatic imine (C=N–C) groups is 1. The van der Waals surface area contributed by atoms with Crippen molar-refractivity contribution in [3.8, 4) is 5.75 Å². The molecule has 0 saturated carbocycles. The zero-order chi connectivity index (χ0) is 22.2. The van der Waals surface area contributed by atoms with Gasteiger partial charge in [-0.2, -0.15) is 0 Å². The van der Waals surface area contributed by atoms with Gasteiger partial charge in [0.1, 0.15) is 11.9 Å². The Kier molecular flexibility index (Phi) is 7.23. The summed E-state index contributed by atoms with van der Waals surface area (Å²) >= 11 is 0. The number of nitrogens with one attached hydrogen (secondary N) is 1. The minimum atomic E-state index is 0.0139. The Labute approximate surface area is 189 Å². The number of hydrogen-bond acceptors (Lipinski definition) is 3. The second-order valence-corrected chi connectivity index (χ2v) is 8.00. The number of ether oxygens (including phenoxy) is 1. The molecule has 1 saturated heterocycles. The van der Waals surface area contributed by atoms with Crippen molar-refractivity contribution < 1.29 is 4.74 Å². The van der Waals surface area contributed by atoms with E-state index in [1.807, 2.05) is 49.6 Å². The molecule has 1 aliphatic rings. The van der Waals surface area contributed by atoms with Crippen LogP contribution in [0.3, 0.4) is 0 Å². The zero-order valence-electron chi connectivity index (χ0n) is 18.5. The van der Waals surface area contributed by atoms with E-state index in [4.69, 9.17) is 4.74 Å². The number of likely N-dealkylation sites (tertiary alicyclic amines) is 1. The minimum absolute atomic E-state index is 0.0139. The van der Waals surface area contributed by atoms with Gasteiger partial charge in [0, 0.05) is 51.8 Å². The summed E-state index contributed by atoms with van der Waals surface area (Å²) in [6.07, 6.45) is 4.01. The number of aromatic nitrogens is 1. The molecule has 166 valence electrons. The molecule has 0 radical (unpaired) electrons. The highest BCUT2D eigenvalue weighted by Crippen LogP contribution is 2.18. The summed E-state index contributed by atoms with van der Waals surface area (Å²) in [7, 11) is 1.83. The monoisotopic (exact) mass is 430 g/mol. The average molecular weight is 431 g/mol. The Morgan fingerprint density at radius 2 is 1.66 bits per heavy atom. The van der Waals surface area contributed by atoms with Crippen molar-refractivity contribution >= 4 is 5.96 Å². The van der Waals surface area contributed by atoms with Crippen LogP contribution in [-0.4, -0.2) is 41.7 Å². The molecule has 32 heavy (non-hydrogen) atoms. The summed E-state index contributed by atoms with van der Waals surface area (Å²) in [6.45, 7) is 3.12. The first kappa shape index (κ1) is 21.7. The summed E-state index contributed by atoms with van der Waals surface area (Å²) in [5, 5.41) is 3.48. The Morgan fingerprint density at radius 1 is 0.969 bits per heavy atom. The molecule has 1 N–H and O–H groups in total. The van der Waals surface area contributed by atoms with Crippen molar-refractivity contribution in [2.45, 2.75) is 32.0 Å². The number of piperidine rings is 1. The van der Waals surface area contributed by atoms with Crippen LogP contribution in [0.1, 0.15) is 24.0 Å². The van der Waals surface area contributed by atoms with E-state index in [9.17, 15) is 4.79 Å². The van der Waals surface area contributed by atoms with Crippen LogP contribution in [0.15, 0.2) is 88.8 Å². The number of guanidine groups is 1. The van der Waals surface area contributed by atoms with Crippen molar-refractivity contribution in [3.63, 3.8) is 0 Å². The normalized spacial score (nSPS) is 14.9. The third kappa shape index (κ3) is 5.78. The largest absolute Gasteiger partial charge is 0.490 e. The van der Waals surface area contributed by atoms with Gasteiger partial charge in [-0.3, -0.25) is 9.79 Å². The second-order valence-electron chi connectivity index (χ2n) is 8.00. The topological polar surface area (TPSA) is 58.9 Å². The van der Waals surface area contributed by atoms with E-state index in [0.29, 0.717) is 13.1 Å². The number of benzene rings is 2. The van der Waals surface area contributed by atoms with Crippen molar-refractivity contribution in [1.29, 1.82) is 0 Å². The van der Waals surface area contributed by atoms with E-state index in [1.54, 1.807) is 16.7 Å². The smallest absolute Gasteiger partial charge is 0.250 e. The highest BCUT2D eigenvalue weighted by molar-refractivity contribution is 5.80. The van der Waals surface area contributed by atoms with Crippen LogP contribution in [0, 0.1) is 0 Å². The molecule has 0 atom stereocenters. The molecular formula is C26H30N4O2. The van der Waals surface area contributed by atoms with Crippen LogP contribution in [0.4, 0.5) is 0 Å². The molecule has 2 aromatic carbocycles. The predicted octanol–water partition coefficient (Wildman–Crippen LogP) is 3.52. The lowest BCUT2D eigenvalue weighted by Gasteiger charge is -2.34. The SMILES string of the molecule is CN=C(NCc1ccc(Cn2ccccc2=O)cc1)N1CCC(Oc2ccccc2)CC1. The fourth-order valence-electron chi connectivity index (χ4n) is 3.94. The lowest BCUT2D eigenvalue weighted by atomic mass is 10.1. The number of hydrogen-bond donors (Lipinski definition) is 1. The van der Waals surface area contributed by atoms with E-state index in [1.165, 1.54) is 5.56 Å². The summed E-state index contributed by atoms with van der Waals surface area (Å²) in [6, 6.07) is 23.6. The highest BCUT2D eigenvalue weighted by Gasteiger charge is 2.22. The quantitative estimate of drug-likeness (QED) is 0.480. The fourth-order valence-corrected chi connectivity index (χ4v) is 3.94. The molecule has 1 fully saturated rings. The van der Waals surface area contributed by atoms with Gasteiger partial charge in [0.15, 0.2) is 5.96 Å². The van der Waals surface area contributed by atoms with Gasteiger partial charge in [-0.25, -0.2) is 0 Å². The van der Waals surface area contributed by atoms with E-state index in [2.05, 4.69) is 39.5 Å². The van der Waals surface area contributed by atoms with Crippen LogP contribution in [0.25, 0.3) is 0 Å². The third-order valence-corrected chi connectivity index (χ3v) is 5.72. The van der Waals surface area contributed by atoms with Crippen LogP contribution < -0.4 is 15.6 Å². The molecule has 0 unspecified atom stereocenters. The molecule has 1 aliphatic heterocycles. The fraction of sp³-hybridized carbons (Fsp3) is 0.308. The van der Waals surface area contributed by atoms with Gasteiger partial charge in [0.05, 0.1) is 6.54 Å². The first-order chi connectivity index (χ1) is 15.7. The maximum atomic E-state index is 11.9. The molecule has 0 amide bonds. The molecule has 6 nitrogen and oxygen atoms in total. The Bertz CT molecular complexity index is 1070. The maximum Gasteiger partial charge on any atom is 0.250 e. The van der Waals surface area contributed by atoms with E-state index >= 15 is 0 Å². The standard InChI is InChI=1S/C26H30N4O2/c1-27-26(29-17-14-24(15-18-29)32-23-7-3-2-4-8-23)28-19-21-10-12-22(13-11-21)20-30-16-6-5-9-25(30)31/h2-13,16,24H,14-15,17-20H2,1H3,(H,27,28).